The van der Waals surface area contributed by atoms with Crippen LogP contribution in [0.1, 0.15) is 40.2 Å². The lowest BCUT2D eigenvalue weighted by atomic mass is 9.78. The van der Waals surface area contributed by atoms with Gasteiger partial charge in [-0.3, -0.25) is 4.79 Å². The molecule has 1 aromatic rings. The molecule has 0 radical (unpaired) electrons. The molecule has 0 aliphatic carbocycles. The Morgan fingerprint density at radius 1 is 1.12 bits per heavy atom. The molecule has 1 aliphatic heterocycles. The van der Waals surface area contributed by atoms with Gasteiger partial charge in [-0.1, -0.05) is 0 Å². The van der Waals surface area contributed by atoms with Crippen molar-refractivity contribution in [1.82, 2.24) is 4.90 Å². The normalized spacial score (nSPS) is 18.8. The zero-order valence-electron chi connectivity index (χ0n) is 15.1. The quantitative estimate of drug-likeness (QED) is 0.790. The molecule has 1 heterocycles. The number of benzene rings is 1. The number of hydrogen-bond donors (Lipinski definition) is 0. The van der Waals surface area contributed by atoms with Crippen molar-refractivity contribution in [3.63, 3.8) is 0 Å². The third-order valence-corrected chi connectivity index (χ3v) is 4.91. The highest BCUT2D eigenvalue weighted by molar-refractivity contribution is 6.62. The fourth-order valence-electron chi connectivity index (χ4n) is 2.36. The maximum Gasteiger partial charge on any atom is 0.497 e. The lowest BCUT2D eigenvalue weighted by Crippen LogP contribution is -2.41. The average molecular weight is 339 g/mol. The van der Waals surface area contributed by atoms with Crippen molar-refractivity contribution in [1.29, 1.82) is 0 Å². The molecule has 1 amide bonds. The number of nitrogens with zero attached hydrogens (tertiary/aromatic N) is 1. The predicted molar refractivity (Wildman–Crippen MR) is 89.1 cm³/mol. The Bertz CT molecular complexity index is 633. The van der Waals surface area contributed by atoms with Crippen LogP contribution >= 0.6 is 0 Å². The summed E-state index contributed by atoms with van der Waals surface area (Å²) in [6.45, 7) is 9.69. The molecule has 7 heteroatoms. The summed E-state index contributed by atoms with van der Waals surface area (Å²) in [6.07, 6.45) is -0.184. The van der Waals surface area contributed by atoms with E-state index in [0.29, 0.717) is 6.54 Å². The second-order valence-corrected chi connectivity index (χ2v) is 7.14. The summed E-state index contributed by atoms with van der Waals surface area (Å²) in [5, 5.41) is 0. The lowest BCUT2D eigenvalue weighted by molar-refractivity contribution is -0.129. The van der Waals surface area contributed by atoms with Crippen molar-refractivity contribution in [2.45, 2.75) is 52.2 Å². The van der Waals surface area contributed by atoms with Crippen LogP contribution in [0.25, 0.3) is 0 Å². The van der Waals surface area contributed by atoms with Crippen LogP contribution < -0.4 is 5.46 Å². The van der Waals surface area contributed by atoms with Crippen molar-refractivity contribution in [2.24, 2.45) is 0 Å². The highest BCUT2D eigenvalue weighted by atomic mass is 19.1. The van der Waals surface area contributed by atoms with E-state index in [4.69, 9.17) is 9.31 Å². The largest absolute Gasteiger partial charge is 0.497 e. The molecule has 0 spiro atoms. The Balaban J connectivity index is 2.27. The van der Waals surface area contributed by atoms with E-state index in [0.717, 1.165) is 12.1 Å². The van der Waals surface area contributed by atoms with E-state index in [1.165, 1.54) is 4.90 Å². The smallest absolute Gasteiger partial charge is 0.399 e. The van der Waals surface area contributed by atoms with Gasteiger partial charge in [0.15, 0.2) is 0 Å². The van der Waals surface area contributed by atoms with Crippen LogP contribution in [0.5, 0.6) is 0 Å². The van der Waals surface area contributed by atoms with Crippen molar-refractivity contribution in [2.75, 3.05) is 13.6 Å². The summed E-state index contributed by atoms with van der Waals surface area (Å²) in [5.41, 5.74) is -1.25. The van der Waals surface area contributed by atoms with Gasteiger partial charge in [0, 0.05) is 19.1 Å². The van der Waals surface area contributed by atoms with Gasteiger partial charge in [0.25, 0.3) is 0 Å². The maximum atomic E-state index is 14.5. The zero-order chi connectivity index (χ0) is 18.3. The number of carbonyl (C=O) groups is 1. The average Bonchev–Trinajstić information content (AvgIpc) is 2.69. The van der Waals surface area contributed by atoms with Gasteiger partial charge in [-0.25, -0.2) is 8.78 Å². The molecule has 24 heavy (non-hydrogen) atoms. The molecule has 1 aliphatic rings. The molecule has 0 bridgehead atoms. The van der Waals surface area contributed by atoms with Crippen molar-refractivity contribution in [3.05, 3.63) is 29.3 Å². The summed E-state index contributed by atoms with van der Waals surface area (Å²) in [7, 11) is 0.641. The van der Waals surface area contributed by atoms with Gasteiger partial charge in [0.05, 0.1) is 17.6 Å². The van der Waals surface area contributed by atoms with Gasteiger partial charge in [0.1, 0.15) is 11.6 Å². The fourth-order valence-corrected chi connectivity index (χ4v) is 2.36. The van der Waals surface area contributed by atoms with Crippen LogP contribution in [0.2, 0.25) is 0 Å². The minimum Gasteiger partial charge on any atom is -0.399 e. The molecule has 2 rings (SSSR count). The number of amides is 1. The topological polar surface area (TPSA) is 38.8 Å². The van der Waals surface area contributed by atoms with E-state index < -0.39 is 30.0 Å². The molecule has 0 atom stereocenters. The molecule has 1 saturated heterocycles. The third kappa shape index (κ3) is 3.47. The SMILES string of the molecule is CCN(C)C(=O)Cc1cc(F)c(B2OC(C)(C)C(C)(C)O2)cc1F. The second kappa shape index (κ2) is 6.45. The summed E-state index contributed by atoms with van der Waals surface area (Å²) in [6, 6.07) is 2.11. The van der Waals surface area contributed by atoms with Crippen LogP contribution in [-0.2, 0) is 20.5 Å². The number of likely N-dealkylation sites (N-methyl/N-ethyl adjacent to an activating group) is 1. The van der Waals surface area contributed by atoms with Crippen molar-refractivity contribution in [3.8, 4) is 0 Å². The Labute approximate surface area is 142 Å². The molecular weight excluding hydrogens is 315 g/mol. The monoisotopic (exact) mass is 339 g/mol. The third-order valence-electron chi connectivity index (χ3n) is 4.91. The van der Waals surface area contributed by atoms with Gasteiger partial charge in [-0.05, 0) is 52.3 Å². The number of hydrogen-bond acceptors (Lipinski definition) is 3. The van der Waals surface area contributed by atoms with Crippen molar-refractivity contribution < 1.29 is 22.9 Å². The molecule has 1 fully saturated rings. The minimum absolute atomic E-state index is 0.00574. The second-order valence-electron chi connectivity index (χ2n) is 7.14. The Hall–Kier alpha value is -1.47. The van der Waals surface area contributed by atoms with E-state index in [-0.39, 0.29) is 23.4 Å². The van der Waals surface area contributed by atoms with Gasteiger partial charge < -0.3 is 14.2 Å². The van der Waals surface area contributed by atoms with Gasteiger partial charge in [0.2, 0.25) is 5.91 Å². The van der Waals surface area contributed by atoms with E-state index in [1.54, 1.807) is 7.05 Å². The maximum absolute atomic E-state index is 14.5. The fraction of sp³-hybridized carbons (Fsp3) is 0.588. The minimum atomic E-state index is -0.979. The highest BCUT2D eigenvalue weighted by Gasteiger charge is 2.52. The van der Waals surface area contributed by atoms with Crippen LogP contribution in [0.4, 0.5) is 8.78 Å². The van der Waals surface area contributed by atoms with Crippen molar-refractivity contribution >= 4 is 18.5 Å². The standard InChI is InChI=1S/C17H24BF2NO3/c1-7-21(6)15(22)9-11-8-14(20)12(10-13(11)19)18-23-16(2,3)17(4,5)24-18/h8,10H,7,9H2,1-6H3. The number of carbonyl (C=O) groups excluding carboxylic acids is 1. The first kappa shape index (κ1) is 18.9. The molecule has 0 unspecified atom stereocenters. The van der Waals surface area contributed by atoms with Crippen LogP contribution in [-0.4, -0.2) is 42.7 Å². The zero-order valence-corrected chi connectivity index (χ0v) is 15.1. The Morgan fingerprint density at radius 3 is 2.17 bits per heavy atom. The molecule has 0 aromatic heterocycles. The molecule has 4 nitrogen and oxygen atoms in total. The van der Waals surface area contributed by atoms with E-state index in [1.807, 2.05) is 34.6 Å². The molecule has 132 valence electrons. The van der Waals surface area contributed by atoms with Crippen LogP contribution in [0.3, 0.4) is 0 Å². The van der Waals surface area contributed by atoms with E-state index in [9.17, 15) is 13.6 Å². The summed E-state index contributed by atoms with van der Waals surface area (Å²) in [4.78, 5) is 13.4. The summed E-state index contributed by atoms with van der Waals surface area (Å²) in [5.74, 6) is -1.55. The lowest BCUT2D eigenvalue weighted by Gasteiger charge is -2.32. The summed E-state index contributed by atoms with van der Waals surface area (Å²) >= 11 is 0. The molecular formula is C17H24BF2NO3. The van der Waals surface area contributed by atoms with Gasteiger partial charge in [-0.15, -0.1) is 0 Å². The highest BCUT2D eigenvalue weighted by Crippen LogP contribution is 2.36. The molecule has 1 aromatic carbocycles. The first-order valence-corrected chi connectivity index (χ1v) is 8.06. The summed E-state index contributed by atoms with van der Waals surface area (Å²) < 4.78 is 40.3. The number of halogens is 2. The predicted octanol–water partition coefficient (Wildman–Crippen LogP) is 2.28. The van der Waals surface area contributed by atoms with E-state index >= 15 is 0 Å². The van der Waals surface area contributed by atoms with Crippen LogP contribution in [0, 0.1) is 11.6 Å². The number of rotatable bonds is 4. The van der Waals surface area contributed by atoms with E-state index in [2.05, 4.69) is 0 Å². The molecule has 0 N–H and O–H groups in total. The van der Waals surface area contributed by atoms with Gasteiger partial charge in [-0.2, -0.15) is 0 Å². The first-order valence-electron chi connectivity index (χ1n) is 8.06. The van der Waals surface area contributed by atoms with Gasteiger partial charge >= 0.3 is 7.12 Å². The molecule has 0 saturated carbocycles. The Morgan fingerprint density at radius 2 is 1.67 bits per heavy atom. The van der Waals surface area contributed by atoms with Crippen LogP contribution in [0.15, 0.2) is 12.1 Å². The Kier molecular flexibility index (Phi) is 5.07. The first-order chi connectivity index (χ1) is 11.0.